The van der Waals surface area contributed by atoms with E-state index in [1.165, 1.54) is 17.6 Å². The van der Waals surface area contributed by atoms with E-state index in [1.807, 2.05) is 19.1 Å². The molecule has 1 heteroatoms. The zero-order chi connectivity index (χ0) is 12.5. The van der Waals surface area contributed by atoms with Crippen LogP contribution in [0.5, 0.6) is 0 Å². The second-order valence-corrected chi connectivity index (χ2v) is 5.29. The predicted molar refractivity (Wildman–Crippen MR) is 73.5 cm³/mol. The molecule has 16 heavy (non-hydrogen) atoms. The molecule has 0 amide bonds. The van der Waals surface area contributed by atoms with Crippen LogP contribution in [-0.2, 0) is 0 Å². The van der Waals surface area contributed by atoms with Gasteiger partial charge in [0.2, 0.25) is 0 Å². The molecule has 0 aromatic rings. The van der Waals surface area contributed by atoms with Gasteiger partial charge in [-0.1, -0.05) is 50.8 Å². The molecule has 0 nitrogen and oxygen atoms in total. The van der Waals surface area contributed by atoms with Crippen LogP contribution in [0.1, 0.15) is 34.1 Å². The molecule has 1 aliphatic rings. The largest absolute Gasteiger partial charge is 0.0988 e. The van der Waals surface area contributed by atoms with Crippen molar-refractivity contribution in [1.82, 2.24) is 0 Å². The first-order valence-electron chi connectivity index (χ1n) is 5.73. The van der Waals surface area contributed by atoms with Gasteiger partial charge in [-0.25, -0.2) is 0 Å². The van der Waals surface area contributed by atoms with E-state index in [1.54, 1.807) is 0 Å². The molecule has 2 unspecified atom stereocenters. The predicted octanol–water partition coefficient (Wildman–Crippen LogP) is 5.23. The van der Waals surface area contributed by atoms with E-state index in [4.69, 9.17) is 11.6 Å². The minimum absolute atomic E-state index is 0.277. The molecule has 0 aromatic heterocycles. The fourth-order valence-corrected chi connectivity index (χ4v) is 2.42. The third-order valence-corrected chi connectivity index (χ3v) is 4.32. The average Bonchev–Trinajstić information content (AvgIpc) is 2.85. The van der Waals surface area contributed by atoms with Crippen LogP contribution in [0.4, 0.5) is 0 Å². The summed E-state index contributed by atoms with van der Waals surface area (Å²) in [6, 6.07) is 0. The molecule has 0 radical (unpaired) electrons. The van der Waals surface area contributed by atoms with Crippen LogP contribution in [0, 0.1) is 11.3 Å². The molecule has 1 rings (SSSR count). The highest BCUT2D eigenvalue weighted by Gasteiger charge is 2.49. The van der Waals surface area contributed by atoms with Crippen molar-refractivity contribution in [3.8, 4) is 0 Å². The molecule has 1 fully saturated rings. The fourth-order valence-electron chi connectivity index (χ4n) is 2.28. The smallest absolute Gasteiger partial charge is 0.0432 e. The Morgan fingerprint density at radius 2 is 2.00 bits per heavy atom. The van der Waals surface area contributed by atoms with Crippen LogP contribution < -0.4 is 0 Å². The SMILES string of the molecule is C=C/C(=C(\C)C(=C)/C(Cl)=C\C)C1(C)CC1C. The molecule has 0 aromatic carbocycles. The number of rotatable bonds is 4. The lowest BCUT2D eigenvalue weighted by Crippen LogP contribution is -2.03. The number of hydrogen-bond acceptors (Lipinski definition) is 0. The van der Waals surface area contributed by atoms with Gasteiger partial charge in [0.15, 0.2) is 0 Å². The molecule has 88 valence electrons. The summed E-state index contributed by atoms with van der Waals surface area (Å²) in [5.74, 6) is 0.729. The van der Waals surface area contributed by atoms with Crippen LogP contribution in [-0.4, -0.2) is 0 Å². The van der Waals surface area contributed by atoms with E-state index in [0.29, 0.717) is 0 Å². The highest BCUT2D eigenvalue weighted by atomic mass is 35.5. The zero-order valence-corrected chi connectivity index (χ0v) is 11.5. The fraction of sp³-hybridized carbons (Fsp3) is 0.467. The molecule has 0 heterocycles. The molecular weight excluding hydrogens is 216 g/mol. The Kier molecular flexibility index (Phi) is 3.85. The third-order valence-electron chi connectivity index (χ3n) is 3.88. The lowest BCUT2D eigenvalue weighted by molar-refractivity contribution is 0.629. The van der Waals surface area contributed by atoms with Crippen molar-refractivity contribution in [2.24, 2.45) is 11.3 Å². The van der Waals surface area contributed by atoms with Crippen LogP contribution in [0.3, 0.4) is 0 Å². The molecular formula is C15H21Cl. The monoisotopic (exact) mass is 236 g/mol. The topological polar surface area (TPSA) is 0 Å². The average molecular weight is 237 g/mol. The van der Waals surface area contributed by atoms with Crippen molar-refractivity contribution in [2.45, 2.75) is 34.1 Å². The molecule has 1 aliphatic carbocycles. The highest BCUT2D eigenvalue weighted by molar-refractivity contribution is 6.32. The van der Waals surface area contributed by atoms with Gasteiger partial charge in [0.25, 0.3) is 0 Å². The van der Waals surface area contributed by atoms with Gasteiger partial charge in [-0.3, -0.25) is 0 Å². The van der Waals surface area contributed by atoms with Gasteiger partial charge in [-0.15, -0.1) is 0 Å². The zero-order valence-electron chi connectivity index (χ0n) is 10.7. The standard InChI is InChI=1S/C15H21Cl/c1-7-13(15(6)9-10(15)3)11(4)12(5)14(16)8-2/h7-8,10H,1,5,9H2,2-4,6H3/b13-11-,14-8+. The van der Waals surface area contributed by atoms with Gasteiger partial charge in [0.1, 0.15) is 0 Å². The highest BCUT2D eigenvalue weighted by Crippen LogP contribution is 2.58. The summed E-state index contributed by atoms with van der Waals surface area (Å²) in [6.07, 6.45) is 5.07. The van der Waals surface area contributed by atoms with E-state index >= 15 is 0 Å². The summed E-state index contributed by atoms with van der Waals surface area (Å²) in [4.78, 5) is 0. The maximum atomic E-state index is 6.11. The first kappa shape index (κ1) is 13.3. The molecule has 0 spiro atoms. The van der Waals surface area contributed by atoms with Gasteiger partial charge in [0, 0.05) is 5.03 Å². The molecule has 0 aliphatic heterocycles. The van der Waals surface area contributed by atoms with Crippen molar-refractivity contribution in [2.75, 3.05) is 0 Å². The summed E-state index contributed by atoms with van der Waals surface area (Å²) in [6.45, 7) is 16.6. The number of halogens is 1. The molecule has 1 saturated carbocycles. The van der Waals surface area contributed by atoms with Crippen molar-refractivity contribution >= 4 is 11.6 Å². The van der Waals surface area contributed by atoms with Gasteiger partial charge in [-0.05, 0) is 48.3 Å². The van der Waals surface area contributed by atoms with Crippen LogP contribution in [0.25, 0.3) is 0 Å². The van der Waals surface area contributed by atoms with Gasteiger partial charge in [0.05, 0.1) is 0 Å². The Balaban J connectivity index is 3.11. The number of allylic oxidation sites excluding steroid dienone is 6. The van der Waals surface area contributed by atoms with Gasteiger partial charge in [-0.2, -0.15) is 0 Å². The summed E-state index contributed by atoms with van der Waals surface area (Å²) in [7, 11) is 0. The summed E-state index contributed by atoms with van der Waals surface area (Å²) >= 11 is 6.11. The van der Waals surface area contributed by atoms with Crippen molar-refractivity contribution in [3.63, 3.8) is 0 Å². The quantitative estimate of drug-likeness (QED) is 0.586. The van der Waals surface area contributed by atoms with E-state index in [0.717, 1.165) is 16.5 Å². The van der Waals surface area contributed by atoms with Crippen molar-refractivity contribution in [1.29, 1.82) is 0 Å². The van der Waals surface area contributed by atoms with Gasteiger partial charge < -0.3 is 0 Å². The van der Waals surface area contributed by atoms with Crippen molar-refractivity contribution < 1.29 is 0 Å². The Hall–Kier alpha value is -0.750. The van der Waals surface area contributed by atoms with E-state index in [-0.39, 0.29) is 5.41 Å². The van der Waals surface area contributed by atoms with E-state index in [9.17, 15) is 0 Å². The van der Waals surface area contributed by atoms with Gasteiger partial charge >= 0.3 is 0 Å². The lowest BCUT2D eigenvalue weighted by Gasteiger charge is -2.17. The summed E-state index contributed by atoms with van der Waals surface area (Å²) in [5, 5.41) is 0.730. The first-order chi connectivity index (χ1) is 7.38. The minimum atomic E-state index is 0.277. The minimum Gasteiger partial charge on any atom is -0.0988 e. The molecule has 0 N–H and O–H groups in total. The lowest BCUT2D eigenvalue weighted by atomic mass is 9.88. The van der Waals surface area contributed by atoms with Crippen molar-refractivity contribution in [3.05, 3.63) is 47.1 Å². The first-order valence-corrected chi connectivity index (χ1v) is 6.11. The van der Waals surface area contributed by atoms with E-state index < -0.39 is 0 Å². The van der Waals surface area contributed by atoms with Crippen LogP contribution >= 0.6 is 11.6 Å². The van der Waals surface area contributed by atoms with E-state index in [2.05, 4.69) is 33.9 Å². The normalized spacial score (nSPS) is 30.8. The van der Waals surface area contributed by atoms with Crippen LogP contribution in [0.2, 0.25) is 0 Å². The third kappa shape index (κ3) is 2.17. The summed E-state index contributed by atoms with van der Waals surface area (Å²) in [5.41, 5.74) is 3.66. The molecule has 0 saturated heterocycles. The number of hydrogen-bond donors (Lipinski definition) is 0. The molecule has 2 atom stereocenters. The van der Waals surface area contributed by atoms with Crippen LogP contribution in [0.15, 0.2) is 47.1 Å². The second-order valence-electron chi connectivity index (χ2n) is 4.88. The Morgan fingerprint density at radius 3 is 2.31 bits per heavy atom. The Labute approximate surface area is 104 Å². The summed E-state index contributed by atoms with van der Waals surface area (Å²) < 4.78 is 0. The second kappa shape index (κ2) is 4.63. The Bertz CT molecular complexity index is 384. The maximum absolute atomic E-state index is 6.11. The Morgan fingerprint density at radius 1 is 1.50 bits per heavy atom. The molecule has 0 bridgehead atoms. The maximum Gasteiger partial charge on any atom is 0.0432 e.